The van der Waals surface area contributed by atoms with E-state index in [1.54, 1.807) is 0 Å². The van der Waals surface area contributed by atoms with Crippen molar-refractivity contribution in [1.29, 1.82) is 0 Å². The lowest BCUT2D eigenvalue weighted by atomic mass is 9.68. The van der Waals surface area contributed by atoms with Gasteiger partial charge in [0.2, 0.25) is 0 Å². The Hall–Kier alpha value is -0.700. The third kappa shape index (κ3) is 9.27. The number of allylic oxidation sites excluding steroid dienone is 2. The van der Waals surface area contributed by atoms with E-state index in [2.05, 4.69) is 19.1 Å². The van der Waals surface area contributed by atoms with Crippen LogP contribution in [0.25, 0.3) is 0 Å². The number of hydrogen-bond acceptors (Lipinski definition) is 1. The normalized spacial score (nSPS) is 34.0. The molecule has 2 atom stereocenters. The molecule has 3 rings (SSSR count). The molecule has 0 spiro atoms. The van der Waals surface area contributed by atoms with Gasteiger partial charge in [0.05, 0.1) is 12.7 Å². The van der Waals surface area contributed by atoms with Crippen LogP contribution in [-0.4, -0.2) is 12.7 Å². The zero-order valence-electron chi connectivity index (χ0n) is 20.6. The van der Waals surface area contributed by atoms with E-state index in [4.69, 9.17) is 4.74 Å². The third-order valence-corrected chi connectivity index (χ3v) is 8.82. The van der Waals surface area contributed by atoms with Crippen LogP contribution in [0.2, 0.25) is 0 Å². The van der Waals surface area contributed by atoms with Gasteiger partial charge in [-0.05, 0) is 94.5 Å². The van der Waals surface area contributed by atoms with Gasteiger partial charge in [0.1, 0.15) is 0 Å². The molecule has 1 nitrogen and oxygen atoms in total. The summed E-state index contributed by atoms with van der Waals surface area (Å²) in [5, 5.41) is 0. The highest BCUT2D eigenvalue weighted by atomic mass is 19.3. The van der Waals surface area contributed by atoms with Gasteiger partial charge >= 0.3 is 0 Å². The lowest BCUT2D eigenvalue weighted by Gasteiger charge is -2.38. The monoisotopic (exact) mass is 450 g/mol. The Morgan fingerprint density at radius 3 is 1.88 bits per heavy atom. The molecule has 1 aliphatic heterocycles. The van der Waals surface area contributed by atoms with E-state index >= 15 is 0 Å². The van der Waals surface area contributed by atoms with E-state index in [0.717, 1.165) is 49.2 Å². The maximum absolute atomic E-state index is 12.1. The first-order valence-corrected chi connectivity index (χ1v) is 13.9. The maximum atomic E-state index is 12.1. The quantitative estimate of drug-likeness (QED) is 0.225. The fourth-order valence-electron chi connectivity index (χ4n) is 6.80. The van der Waals surface area contributed by atoms with Crippen LogP contribution in [0.1, 0.15) is 116 Å². The third-order valence-electron chi connectivity index (χ3n) is 8.82. The molecule has 0 aromatic heterocycles. The zero-order valence-corrected chi connectivity index (χ0v) is 20.6. The van der Waals surface area contributed by atoms with Crippen LogP contribution in [0.4, 0.5) is 8.78 Å². The molecule has 0 bridgehead atoms. The summed E-state index contributed by atoms with van der Waals surface area (Å²) in [4.78, 5) is 0. The van der Waals surface area contributed by atoms with E-state index in [9.17, 15) is 8.78 Å². The van der Waals surface area contributed by atoms with Gasteiger partial charge < -0.3 is 4.74 Å². The molecule has 2 aliphatic carbocycles. The molecule has 3 fully saturated rings. The summed E-state index contributed by atoms with van der Waals surface area (Å²) in [5.74, 6) is 4.33. The summed E-state index contributed by atoms with van der Waals surface area (Å²) >= 11 is 0. The molecule has 2 saturated carbocycles. The lowest BCUT2D eigenvalue weighted by molar-refractivity contribution is -0.00961. The maximum Gasteiger partial charge on any atom is 0.266 e. The van der Waals surface area contributed by atoms with Gasteiger partial charge in [-0.1, -0.05) is 63.5 Å². The van der Waals surface area contributed by atoms with Crippen LogP contribution in [-0.2, 0) is 4.74 Å². The molecule has 1 heterocycles. The largest absolute Gasteiger partial charge is 0.378 e. The second-order valence-corrected chi connectivity index (χ2v) is 11.1. The molecule has 0 aromatic carbocycles. The Bertz CT molecular complexity index is 544. The van der Waals surface area contributed by atoms with Crippen molar-refractivity contribution in [3.05, 3.63) is 24.3 Å². The van der Waals surface area contributed by atoms with Gasteiger partial charge in [-0.2, -0.15) is 8.78 Å². The van der Waals surface area contributed by atoms with Crippen molar-refractivity contribution < 1.29 is 13.5 Å². The Labute approximate surface area is 196 Å². The van der Waals surface area contributed by atoms with Gasteiger partial charge in [0.25, 0.3) is 6.08 Å². The van der Waals surface area contributed by atoms with E-state index in [0.29, 0.717) is 18.4 Å². The highest BCUT2D eigenvalue weighted by Gasteiger charge is 2.30. The minimum atomic E-state index is -1.51. The Balaban J connectivity index is 1.20. The van der Waals surface area contributed by atoms with E-state index in [1.165, 1.54) is 89.9 Å². The predicted octanol–water partition coefficient (Wildman–Crippen LogP) is 9.48. The Kier molecular flexibility index (Phi) is 11.8. The van der Waals surface area contributed by atoms with Crippen LogP contribution < -0.4 is 0 Å². The average molecular weight is 451 g/mol. The van der Waals surface area contributed by atoms with Crippen molar-refractivity contribution in [2.75, 3.05) is 6.61 Å². The van der Waals surface area contributed by atoms with Crippen molar-refractivity contribution >= 4 is 0 Å². The molecule has 0 aromatic rings. The number of hydrogen-bond donors (Lipinski definition) is 0. The van der Waals surface area contributed by atoms with Gasteiger partial charge in [0, 0.05) is 5.92 Å². The van der Waals surface area contributed by atoms with Crippen LogP contribution >= 0.6 is 0 Å². The molecule has 2 unspecified atom stereocenters. The molecular formula is C29H48F2O. The van der Waals surface area contributed by atoms with Crippen LogP contribution in [0.5, 0.6) is 0 Å². The smallest absolute Gasteiger partial charge is 0.266 e. The average Bonchev–Trinajstić information content (AvgIpc) is 2.81. The van der Waals surface area contributed by atoms with Crippen LogP contribution in [0, 0.1) is 29.6 Å². The van der Waals surface area contributed by atoms with Gasteiger partial charge in [0.15, 0.2) is 0 Å². The second kappa shape index (κ2) is 14.5. The molecule has 0 N–H and O–H groups in total. The SMILES string of the molecule is C/C=C/C1CCC(CCCCC2CCC(C3CCC(CCCC=C(F)F)CC3)CC2)OC1. The summed E-state index contributed by atoms with van der Waals surface area (Å²) in [7, 11) is 0. The first-order valence-electron chi connectivity index (χ1n) is 13.9. The van der Waals surface area contributed by atoms with Crippen molar-refractivity contribution in [3.63, 3.8) is 0 Å². The summed E-state index contributed by atoms with van der Waals surface area (Å²) < 4.78 is 30.4. The molecule has 3 aliphatic rings. The molecule has 0 radical (unpaired) electrons. The molecule has 184 valence electrons. The second-order valence-electron chi connectivity index (χ2n) is 11.1. The predicted molar refractivity (Wildman–Crippen MR) is 131 cm³/mol. The van der Waals surface area contributed by atoms with Gasteiger partial charge in [-0.15, -0.1) is 0 Å². The van der Waals surface area contributed by atoms with Crippen molar-refractivity contribution in [1.82, 2.24) is 0 Å². The molecule has 3 heteroatoms. The minimum absolute atomic E-state index is 0.517. The molecule has 32 heavy (non-hydrogen) atoms. The fraction of sp³-hybridized carbons (Fsp3) is 0.862. The molecular weight excluding hydrogens is 402 g/mol. The highest BCUT2D eigenvalue weighted by molar-refractivity contribution is 4.88. The standard InChI is InChI=1S/C29H48F2O/c1-2-7-25-16-21-28(32-22-25)10-5-3-8-23-12-17-26(18-13-23)27-19-14-24(15-20-27)9-4-6-11-29(30)31/h2,7,11,23-28H,3-6,8-10,12-22H2,1H3/b7-2+. The number of halogens is 2. The lowest BCUT2D eigenvalue weighted by Crippen LogP contribution is -2.26. The van der Waals surface area contributed by atoms with Crippen molar-refractivity contribution in [2.45, 2.75) is 122 Å². The topological polar surface area (TPSA) is 9.23 Å². The van der Waals surface area contributed by atoms with Crippen molar-refractivity contribution in [3.8, 4) is 0 Å². The molecule has 1 saturated heterocycles. The highest BCUT2D eigenvalue weighted by Crippen LogP contribution is 2.43. The zero-order chi connectivity index (χ0) is 22.6. The Morgan fingerprint density at radius 1 is 0.750 bits per heavy atom. The van der Waals surface area contributed by atoms with Gasteiger partial charge in [-0.3, -0.25) is 0 Å². The molecule has 0 amide bonds. The summed E-state index contributed by atoms with van der Waals surface area (Å²) in [5.41, 5.74) is 0. The summed E-state index contributed by atoms with van der Waals surface area (Å²) in [6.45, 7) is 3.03. The Morgan fingerprint density at radius 2 is 1.34 bits per heavy atom. The number of rotatable bonds is 11. The minimum Gasteiger partial charge on any atom is -0.378 e. The first-order chi connectivity index (χ1) is 15.6. The summed E-state index contributed by atoms with van der Waals surface area (Å²) in [6, 6.07) is 0. The van der Waals surface area contributed by atoms with E-state index < -0.39 is 6.08 Å². The number of unbranched alkanes of at least 4 members (excludes halogenated alkanes) is 2. The van der Waals surface area contributed by atoms with E-state index in [-0.39, 0.29) is 0 Å². The van der Waals surface area contributed by atoms with Crippen molar-refractivity contribution in [2.24, 2.45) is 29.6 Å². The summed E-state index contributed by atoms with van der Waals surface area (Å²) in [6.07, 6.45) is 26.5. The number of ether oxygens (including phenoxy) is 1. The first kappa shape index (κ1) is 25.9. The van der Waals surface area contributed by atoms with E-state index in [1.807, 2.05) is 0 Å². The van der Waals surface area contributed by atoms with Crippen LogP contribution in [0.15, 0.2) is 24.3 Å². The van der Waals surface area contributed by atoms with Gasteiger partial charge in [-0.25, -0.2) is 0 Å². The van der Waals surface area contributed by atoms with Crippen LogP contribution in [0.3, 0.4) is 0 Å². The fourth-order valence-corrected chi connectivity index (χ4v) is 6.80.